The summed E-state index contributed by atoms with van der Waals surface area (Å²) in [5, 5.41) is 0. The van der Waals surface area contributed by atoms with Crippen LogP contribution in [-0.4, -0.2) is 23.8 Å². The van der Waals surface area contributed by atoms with E-state index in [9.17, 15) is 14.4 Å². The van der Waals surface area contributed by atoms with Crippen molar-refractivity contribution in [2.24, 2.45) is 29.6 Å². The molecule has 3 aliphatic carbocycles. The van der Waals surface area contributed by atoms with Crippen molar-refractivity contribution in [2.75, 3.05) is 0 Å². The number of Topliss-reactive ketones (excluding diaryl/α,β-unsaturated/α-hetero) is 1. The van der Waals surface area contributed by atoms with E-state index in [1.807, 2.05) is 36.4 Å². The molecule has 1 saturated heterocycles. The molecule has 5 nitrogen and oxygen atoms in total. The first kappa shape index (κ1) is 20.4. The quantitative estimate of drug-likeness (QED) is 0.513. The lowest BCUT2D eigenvalue weighted by Gasteiger charge is -2.33. The van der Waals surface area contributed by atoms with Gasteiger partial charge in [-0.2, -0.15) is 0 Å². The first-order valence-electron chi connectivity index (χ1n) is 11.7. The minimum atomic E-state index is -0.564. The zero-order valence-corrected chi connectivity index (χ0v) is 18.5. The van der Waals surface area contributed by atoms with Gasteiger partial charge in [-0.15, -0.1) is 0 Å². The second-order valence-electron chi connectivity index (χ2n) is 9.98. The highest BCUT2D eigenvalue weighted by Crippen LogP contribution is 2.62. The molecular weight excluding hydrogens is 416 g/mol. The molecule has 168 valence electrons. The highest BCUT2D eigenvalue weighted by Gasteiger charge is 2.68. The van der Waals surface area contributed by atoms with Crippen LogP contribution in [0.3, 0.4) is 0 Å². The summed E-state index contributed by atoms with van der Waals surface area (Å²) in [4.78, 5) is 38.9. The Balaban J connectivity index is 1.32. The maximum absolute atomic E-state index is 13.7. The Labute approximate surface area is 192 Å². The number of carbonyl (C=O) groups is 3. The summed E-state index contributed by atoms with van der Waals surface area (Å²) in [6.45, 7) is 5.46. The van der Waals surface area contributed by atoms with E-state index in [4.69, 9.17) is 9.47 Å². The third-order valence-electron chi connectivity index (χ3n) is 8.23. The van der Waals surface area contributed by atoms with Gasteiger partial charge in [0.05, 0.1) is 11.8 Å². The van der Waals surface area contributed by atoms with Crippen molar-refractivity contribution >= 4 is 17.7 Å². The Morgan fingerprint density at radius 3 is 2.30 bits per heavy atom. The van der Waals surface area contributed by atoms with Crippen LogP contribution in [0.4, 0.5) is 0 Å². The van der Waals surface area contributed by atoms with E-state index in [1.54, 1.807) is 6.92 Å². The van der Waals surface area contributed by atoms with E-state index in [0.717, 1.165) is 35.1 Å². The van der Waals surface area contributed by atoms with Gasteiger partial charge in [0, 0.05) is 29.4 Å². The number of fused-ring (bicyclic) bond motifs is 3. The topological polar surface area (TPSA) is 69.7 Å². The number of ketones is 1. The van der Waals surface area contributed by atoms with E-state index < -0.39 is 17.9 Å². The zero-order valence-electron chi connectivity index (χ0n) is 18.5. The van der Waals surface area contributed by atoms with Gasteiger partial charge in [-0.3, -0.25) is 14.4 Å². The Hall–Kier alpha value is -3.21. The van der Waals surface area contributed by atoms with Crippen LogP contribution in [0.5, 0.6) is 0 Å². The average molecular weight is 443 g/mol. The third kappa shape index (κ3) is 3.01. The fourth-order valence-electron chi connectivity index (χ4n) is 6.76. The number of benzene rings is 2. The highest BCUT2D eigenvalue weighted by molar-refractivity contribution is 5.94. The van der Waals surface area contributed by atoms with Crippen LogP contribution >= 0.6 is 0 Å². The number of carbonyl (C=O) groups excluding carboxylic acids is 3. The van der Waals surface area contributed by atoms with Crippen molar-refractivity contribution in [2.45, 2.75) is 38.4 Å². The molecule has 0 spiro atoms. The summed E-state index contributed by atoms with van der Waals surface area (Å²) in [6, 6.07) is 16.1. The Bertz CT molecular complexity index is 1150. The smallest absolute Gasteiger partial charge is 0.311 e. The van der Waals surface area contributed by atoms with Crippen LogP contribution in [0, 0.1) is 29.6 Å². The Morgan fingerprint density at radius 1 is 1.03 bits per heavy atom. The molecule has 0 aromatic heterocycles. The molecule has 0 amide bonds. The van der Waals surface area contributed by atoms with Crippen LogP contribution < -0.4 is 0 Å². The van der Waals surface area contributed by atoms with Gasteiger partial charge in [0.1, 0.15) is 6.10 Å². The molecular formula is C28H26O5. The summed E-state index contributed by atoms with van der Waals surface area (Å²) in [6.07, 6.45) is 1.03. The van der Waals surface area contributed by atoms with E-state index in [0.29, 0.717) is 5.57 Å². The number of esters is 2. The summed E-state index contributed by atoms with van der Waals surface area (Å²) < 4.78 is 11.9. The van der Waals surface area contributed by atoms with Gasteiger partial charge in [0.2, 0.25) is 0 Å². The van der Waals surface area contributed by atoms with Crippen LogP contribution in [0.1, 0.15) is 48.1 Å². The zero-order chi connectivity index (χ0) is 22.9. The van der Waals surface area contributed by atoms with Crippen LogP contribution in [0.25, 0.3) is 0 Å². The summed E-state index contributed by atoms with van der Waals surface area (Å²) in [5.74, 6) is -1.96. The number of hydrogen-bond donors (Lipinski definition) is 0. The van der Waals surface area contributed by atoms with Gasteiger partial charge in [-0.25, -0.2) is 0 Å². The van der Waals surface area contributed by atoms with Gasteiger partial charge < -0.3 is 9.47 Å². The predicted octanol–water partition coefficient (Wildman–Crippen LogP) is 4.18. The van der Waals surface area contributed by atoms with Gasteiger partial charge >= 0.3 is 11.9 Å². The molecule has 6 atom stereocenters. The highest BCUT2D eigenvalue weighted by atomic mass is 16.6. The van der Waals surface area contributed by atoms with Crippen molar-refractivity contribution < 1.29 is 23.9 Å². The lowest BCUT2D eigenvalue weighted by Crippen LogP contribution is -2.40. The standard InChI is InChI=1S/C28H26O5/c1-14(2)22(29)13-20-19-12-21-24(28(31)33-26(20)21)23(19)27(30)32-25-17-9-5-3-7-15(17)11-16-8-4-6-10-18(16)25/h3-10,19-21,23-26H,1,11-13H2,2H3. The lowest BCUT2D eigenvalue weighted by molar-refractivity contribution is -0.159. The minimum absolute atomic E-state index is 0.00565. The number of allylic oxidation sites excluding steroid dienone is 1. The maximum Gasteiger partial charge on any atom is 0.311 e. The fourth-order valence-corrected chi connectivity index (χ4v) is 6.76. The molecule has 5 heteroatoms. The lowest BCUT2D eigenvalue weighted by atomic mass is 9.72. The minimum Gasteiger partial charge on any atom is -0.461 e. The largest absolute Gasteiger partial charge is 0.461 e. The average Bonchev–Trinajstić information content (AvgIpc) is 3.42. The second kappa shape index (κ2) is 7.41. The van der Waals surface area contributed by atoms with E-state index in [-0.39, 0.29) is 48.0 Å². The second-order valence-corrected chi connectivity index (χ2v) is 9.98. The van der Waals surface area contributed by atoms with Crippen LogP contribution in [0.2, 0.25) is 0 Å². The Kier molecular flexibility index (Phi) is 4.58. The molecule has 0 N–H and O–H groups in total. The monoisotopic (exact) mass is 442 g/mol. The van der Waals surface area contributed by atoms with E-state index in [2.05, 4.69) is 18.7 Å². The number of ether oxygens (including phenoxy) is 2. The normalized spacial score (nSPS) is 31.0. The molecule has 3 fully saturated rings. The maximum atomic E-state index is 13.7. The number of hydrogen-bond acceptors (Lipinski definition) is 5. The summed E-state index contributed by atoms with van der Waals surface area (Å²) >= 11 is 0. The van der Waals surface area contributed by atoms with Crippen molar-refractivity contribution in [1.29, 1.82) is 0 Å². The molecule has 2 aromatic rings. The summed E-state index contributed by atoms with van der Waals surface area (Å²) in [7, 11) is 0. The third-order valence-corrected chi connectivity index (χ3v) is 8.23. The molecule has 2 bridgehead atoms. The van der Waals surface area contributed by atoms with E-state index >= 15 is 0 Å². The molecule has 0 radical (unpaired) electrons. The van der Waals surface area contributed by atoms with Crippen molar-refractivity contribution in [3.63, 3.8) is 0 Å². The van der Waals surface area contributed by atoms with Crippen molar-refractivity contribution in [3.05, 3.63) is 82.9 Å². The van der Waals surface area contributed by atoms with Gasteiger partial charge in [-0.1, -0.05) is 55.1 Å². The Morgan fingerprint density at radius 2 is 1.67 bits per heavy atom. The molecule has 1 aliphatic heterocycles. The van der Waals surface area contributed by atoms with Crippen molar-refractivity contribution in [3.8, 4) is 0 Å². The number of rotatable bonds is 5. The van der Waals surface area contributed by atoms with Gasteiger partial charge in [0.15, 0.2) is 11.9 Å². The predicted molar refractivity (Wildman–Crippen MR) is 120 cm³/mol. The molecule has 2 aromatic carbocycles. The molecule has 33 heavy (non-hydrogen) atoms. The fraction of sp³-hybridized carbons (Fsp3) is 0.393. The molecule has 4 aliphatic rings. The molecule has 6 rings (SSSR count). The van der Waals surface area contributed by atoms with Crippen LogP contribution in [-0.2, 0) is 30.3 Å². The molecule has 6 unspecified atom stereocenters. The molecule has 2 saturated carbocycles. The SMILES string of the molecule is C=C(C)C(=O)CC1C2CC3C1OC(=O)C3C2C(=O)OC1c2ccccc2Cc2ccccc21. The van der Waals surface area contributed by atoms with Crippen LogP contribution in [0.15, 0.2) is 60.7 Å². The van der Waals surface area contributed by atoms with Gasteiger partial charge in [0.25, 0.3) is 0 Å². The first-order chi connectivity index (χ1) is 15.9. The first-order valence-corrected chi connectivity index (χ1v) is 11.7. The van der Waals surface area contributed by atoms with Crippen molar-refractivity contribution in [1.82, 2.24) is 0 Å². The van der Waals surface area contributed by atoms with E-state index in [1.165, 1.54) is 0 Å². The molecule has 1 heterocycles. The van der Waals surface area contributed by atoms with Gasteiger partial charge in [-0.05, 0) is 42.4 Å². The summed E-state index contributed by atoms with van der Waals surface area (Å²) in [5.41, 5.74) is 4.77.